The van der Waals surface area contributed by atoms with Crippen molar-refractivity contribution in [2.45, 2.75) is 45.6 Å². The topological polar surface area (TPSA) is 12.0 Å². The van der Waals surface area contributed by atoms with Gasteiger partial charge in [-0.2, -0.15) is 0 Å². The highest BCUT2D eigenvalue weighted by atomic mass is 79.9. The molecule has 0 spiro atoms. The zero-order valence-electron chi connectivity index (χ0n) is 11.0. The molecule has 1 aromatic rings. The predicted octanol–water partition coefficient (Wildman–Crippen LogP) is 5.73. The molecule has 1 nitrogen and oxygen atoms in total. The minimum Gasteiger partial charge on any atom is -0.381 e. The van der Waals surface area contributed by atoms with Gasteiger partial charge in [-0.25, -0.2) is 0 Å². The van der Waals surface area contributed by atoms with Gasteiger partial charge in [-0.15, -0.1) is 0 Å². The van der Waals surface area contributed by atoms with Crippen LogP contribution < -0.4 is 5.32 Å². The molecule has 0 aliphatic heterocycles. The van der Waals surface area contributed by atoms with Crippen LogP contribution in [0.2, 0.25) is 5.02 Å². The van der Waals surface area contributed by atoms with Crippen molar-refractivity contribution in [3.05, 3.63) is 27.7 Å². The summed E-state index contributed by atoms with van der Waals surface area (Å²) >= 11 is 9.67. The Morgan fingerprint density at radius 2 is 2.00 bits per heavy atom. The van der Waals surface area contributed by atoms with Gasteiger partial charge in [-0.05, 0) is 58.8 Å². The maximum atomic E-state index is 6.07. The van der Waals surface area contributed by atoms with Gasteiger partial charge in [0.1, 0.15) is 0 Å². The molecule has 1 aromatic carbocycles. The monoisotopic (exact) mass is 329 g/mol. The lowest BCUT2D eigenvalue weighted by Gasteiger charge is -2.35. The van der Waals surface area contributed by atoms with Gasteiger partial charge in [0.2, 0.25) is 0 Å². The van der Waals surface area contributed by atoms with Crippen LogP contribution in [0.1, 0.15) is 39.5 Å². The van der Waals surface area contributed by atoms with Crippen LogP contribution in [0.3, 0.4) is 0 Å². The predicted molar refractivity (Wildman–Crippen MR) is 83.4 cm³/mol. The number of anilines is 1. The van der Waals surface area contributed by atoms with E-state index in [1.165, 1.54) is 25.7 Å². The summed E-state index contributed by atoms with van der Waals surface area (Å²) in [6.07, 6.45) is 5.31. The first kappa shape index (κ1) is 14.2. The molecule has 0 aromatic heterocycles. The number of nitrogens with one attached hydrogen (secondary N) is 1. The van der Waals surface area contributed by atoms with E-state index in [1.807, 2.05) is 18.2 Å². The van der Waals surface area contributed by atoms with Crippen LogP contribution in [0, 0.1) is 11.8 Å². The maximum Gasteiger partial charge on any atom is 0.0501 e. The van der Waals surface area contributed by atoms with E-state index in [9.17, 15) is 0 Å². The third-order valence-electron chi connectivity index (χ3n) is 3.95. The van der Waals surface area contributed by atoms with Crippen LogP contribution in [0.15, 0.2) is 22.7 Å². The van der Waals surface area contributed by atoms with E-state index >= 15 is 0 Å². The van der Waals surface area contributed by atoms with Gasteiger partial charge in [0.25, 0.3) is 0 Å². The standard InChI is InChI=1S/C15H21BrClN/c1-10(2)12-5-3-4-6-14(12)18-15-9-11(17)7-8-13(15)16/h7-10,12,14,18H,3-6H2,1-2H3. The molecule has 0 saturated heterocycles. The zero-order valence-corrected chi connectivity index (χ0v) is 13.4. The molecule has 1 fully saturated rings. The highest BCUT2D eigenvalue weighted by molar-refractivity contribution is 9.10. The summed E-state index contributed by atoms with van der Waals surface area (Å²) in [4.78, 5) is 0. The average Bonchev–Trinajstić information content (AvgIpc) is 2.34. The number of halogens is 2. The van der Waals surface area contributed by atoms with Crippen molar-refractivity contribution < 1.29 is 0 Å². The van der Waals surface area contributed by atoms with Crippen LogP contribution in [0.5, 0.6) is 0 Å². The van der Waals surface area contributed by atoms with Gasteiger partial charge >= 0.3 is 0 Å². The van der Waals surface area contributed by atoms with Crippen molar-refractivity contribution in [1.82, 2.24) is 0 Å². The fourth-order valence-electron chi connectivity index (χ4n) is 2.94. The Kier molecular flexibility index (Phi) is 4.97. The minimum atomic E-state index is 0.577. The molecule has 100 valence electrons. The van der Waals surface area contributed by atoms with Crippen LogP contribution in [0.25, 0.3) is 0 Å². The first-order valence-electron chi connectivity index (χ1n) is 6.79. The third kappa shape index (κ3) is 3.42. The molecule has 0 amide bonds. The number of hydrogen-bond acceptors (Lipinski definition) is 1. The first-order chi connectivity index (χ1) is 8.58. The van der Waals surface area contributed by atoms with Crippen molar-refractivity contribution in [3.8, 4) is 0 Å². The molecular formula is C15H21BrClN. The second-order valence-corrected chi connectivity index (χ2v) is 6.86. The van der Waals surface area contributed by atoms with E-state index < -0.39 is 0 Å². The van der Waals surface area contributed by atoms with Crippen molar-refractivity contribution in [2.75, 3.05) is 5.32 Å². The Balaban J connectivity index is 2.13. The number of hydrogen-bond donors (Lipinski definition) is 1. The molecular weight excluding hydrogens is 310 g/mol. The molecule has 0 radical (unpaired) electrons. The average molecular weight is 331 g/mol. The van der Waals surface area contributed by atoms with Crippen molar-refractivity contribution in [3.63, 3.8) is 0 Å². The summed E-state index contributed by atoms with van der Waals surface area (Å²) in [6, 6.07) is 6.51. The lowest BCUT2D eigenvalue weighted by Crippen LogP contribution is -2.35. The van der Waals surface area contributed by atoms with E-state index in [4.69, 9.17) is 11.6 Å². The van der Waals surface area contributed by atoms with Crippen molar-refractivity contribution >= 4 is 33.2 Å². The smallest absolute Gasteiger partial charge is 0.0501 e. The molecule has 1 aliphatic rings. The molecule has 18 heavy (non-hydrogen) atoms. The molecule has 2 atom stereocenters. The van der Waals surface area contributed by atoms with Gasteiger partial charge in [0.15, 0.2) is 0 Å². The highest BCUT2D eigenvalue weighted by Crippen LogP contribution is 2.34. The highest BCUT2D eigenvalue weighted by Gasteiger charge is 2.27. The van der Waals surface area contributed by atoms with Crippen LogP contribution in [-0.4, -0.2) is 6.04 Å². The van der Waals surface area contributed by atoms with E-state index in [1.54, 1.807) is 0 Å². The zero-order chi connectivity index (χ0) is 13.1. The molecule has 0 heterocycles. The van der Waals surface area contributed by atoms with E-state index in [2.05, 4.69) is 35.1 Å². The van der Waals surface area contributed by atoms with E-state index in [0.29, 0.717) is 6.04 Å². The summed E-state index contributed by atoms with van der Waals surface area (Å²) in [5.74, 6) is 1.50. The summed E-state index contributed by atoms with van der Waals surface area (Å²) in [5.41, 5.74) is 1.13. The molecule has 1 aliphatic carbocycles. The fourth-order valence-corrected chi connectivity index (χ4v) is 3.48. The summed E-state index contributed by atoms with van der Waals surface area (Å²) in [5, 5.41) is 4.48. The Morgan fingerprint density at radius 3 is 2.72 bits per heavy atom. The molecule has 3 heteroatoms. The van der Waals surface area contributed by atoms with Gasteiger partial charge < -0.3 is 5.32 Å². The molecule has 2 rings (SSSR count). The Morgan fingerprint density at radius 1 is 1.28 bits per heavy atom. The SMILES string of the molecule is CC(C)C1CCCCC1Nc1cc(Cl)ccc1Br. The van der Waals surface area contributed by atoms with Crippen LogP contribution >= 0.6 is 27.5 Å². The fraction of sp³-hybridized carbons (Fsp3) is 0.600. The third-order valence-corrected chi connectivity index (χ3v) is 4.87. The molecule has 1 N–H and O–H groups in total. The Labute approximate surface area is 123 Å². The summed E-state index contributed by atoms with van der Waals surface area (Å²) < 4.78 is 1.10. The Hall–Kier alpha value is -0.210. The lowest BCUT2D eigenvalue weighted by atomic mass is 9.78. The van der Waals surface area contributed by atoms with Gasteiger partial charge in [0.05, 0.1) is 5.69 Å². The quantitative estimate of drug-likeness (QED) is 0.746. The van der Waals surface area contributed by atoms with E-state index in [0.717, 1.165) is 27.0 Å². The second kappa shape index (κ2) is 6.29. The lowest BCUT2D eigenvalue weighted by molar-refractivity contribution is 0.254. The van der Waals surface area contributed by atoms with Crippen LogP contribution in [-0.2, 0) is 0 Å². The molecule has 0 bridgehead atoms. The van der Waals surface area contributed by atoms with Crippen LogP contribution in [0.4, 0.5) is 5.69 Å². The normalized spacial score (nSPS) is 24.3. The van der Waals surface area contributed by atoms with Gasteiger partial charge in [-0.3, -0.25) is 0 Å². The van der Waals surface area contributed by atoms with Crippen molar-refractivity contribution in [2.24, 2.45) is 11.8 Å². The second-order valence-electron chi connectivity index (χ2n) is 5.57. The van der Waals surface area contributed by atoms with Gasteiger partial charge in [0, 0.05) is 15.5 Å². The van der Waals surface area contributed by atoms with Crippen molar-refractivity contribution in [1.29, 1.82) is 0 Å². The summed E-state index contributed by atoms with van der Waals surface area (Å²) in [7, 11) is 0. The first-order valence-corrected chi connectivity index (χ1v) is 7.96. The summed E-state index contributed by atoms with van der Waals surface area (Å²) in [6.45, 7) is 4.66. The minimum absolute atomic E-state index is 0.577. The molecule has 2 unspecified atom stereocenters. The Bertz CT molecular complexity index is 405. The van der Waals surface area contributed by atoms with E-state index in [-0.39, 0.29) is 0 Å². The largest absolute Gasteiger partial charge is 0.381 e. The number of benzene rings is 1. The van der Waals surface area contributed by atoms with Gasteiger partial charge in [-0.1, -0.05) is 38.3 Å². The molecule has 1 saturated carbocycles. The number of rotatable bonds is 3. The maximum absolute atomic E-state index is 6.07.